The van der Waals surface area contributed by atoms with Crippen LogP contribution in [0.2, 0.25) is 0 Å². The Hall–Kier alpha value is -4.32. The van der Waals surface area contributed by atoms with Gasteiger partial charge in [0.2, 0.25) is 0 Å². The highest BCUT2D eigenvalue weighted by Gasteiger charge is 2.13. The number of nitrogens with zero attached hydrogens (tertiary/aromatic N) is 2. The molecule has 11 heteroatoms. The summed E-state index contributed by atoms with van der Waals surface area (Å²) in [7, 11) is 0. The van der Waals surface area contributed by atoms with Crippen molar-refractivity contribution in [2.75, 3.05) is 17.2 Å². The lowest BCUT2D eigenvalue weighted by molar-refractivity contribution is -0.118. The number of anilines is 3. The van der Waals surface area contributed by atoms with E-state index in [-0.39, 0.29) is 18.4 Å². The minimum Gasteiger partial charge on any atom is -0.482 e. The Morgan fingerprint density at radius 3 is 2.50 bits per heavy atom. The molecule has 0 unspecified atom stereocenters. The molecule has 4 aromatic carbocycles. The topological polar surface area (TPSA) is 105 Å². The number of benzene rings is 4. The Kier molecular flexibility index (Phi) is 10.2. The van der Waals surface area contributed by atoms with Crippen LogP contribution in [0, 0.1) is 13.8 Å². The number of aryl methyl sites for hydroxylation is 2. The Balaban J connectivity index is 1.19. The quantitative estimate of drug-likeness (QED) is 0.0987. The molecule has 0 spiro atoms. The summed E-state index contributed by atoms with van der Waals surface area (Å²) in [4.78, 5) is 30.0. The van der Waals surface area contributed by atoms with E-state index in [9.17, 15) is 9.59 Å². The molecule has 44 heavy (non-hydrogen) atoms. The Morgan fingerprint density at radius 2 is 1.75 bits per heavy atom. The molecule has 8 nitrogen and oxygen atoms in total. The van der Waals surface area contributed by atoms with Gasteiger partial charge in [0, 0.05) is 37.9 Å². The van der Waals surface area contributed by atoms with Crippen molar-refractivity contribution in [2.45, 2.75) is 13.8 Å². The number of nitrogens with one attached hydrogen (secondary N) is 3. The normalized spacial score (nSPS) is 10.9. The minimum absolute atomic E-state index is 0.212. The van der Waals surface area contributed by atoms with Crippen LogP contribution in [-0.2, 0) is 4.79 Å². The number of aromatic nitrogens is 1. The molecule has 2 amide bonds. The van der Waals surface area contributed by atoms with E-state index < -0.39 is 0 Å². The number of thiazole rings is 1. The van der Waals surface area contributed by atoms with E-state index in [4.69, 9.17) is 4.74 Å². The van der Waals surface area contributed by atoms with Crippen LogP contribution in [0.5, 0.6) is 5.75 Å². The fraction of sp³-hybridized carbons (Fsp3) is 0.0909. The molecule has 0 aliphatic carbocycles. The fourth-order valence-electron chi connectivity index (χ4n) is 4.23. The summed E-state index contributed by atoms with van der Waals surface area (Å²) >= 11 is 8.46. The number of hydrogen-bond acceptors (Lipinski definition) is 7. The van der Waals surface area contributed by atoms with Crippen molar-refractivity contribution in [3.8, 4) is 17.0 Å². The molecular formula is C33H27Br2N5O3S. The van der Waals surface area contributed by atoms with Gasteiger partial charge in [-0.3, -0.25) is 9.59 Å². The predicted octanol–water partition coefficient (Wildman–Crippen LogP) is 8.48. The zero-order chi connectivity index (χ0) is 31.1. The van der Waals surface area contributed by atoms with Gasteiger partial charge in [-0.15, -0.1) is 11.3 Å². The van der Waals surface area contributed by atoms with Gasteiger partial charge >= 0.3 is 0 Å². The fourth-order valence-corrected chi connectivity index (χ4v) is 6.34. The summed E-state index contributed by atoms with van der Waals surface area (Å²) in [6, 6.07) is 26.4. The summed E-state index contributed by atoms with van der Waals surface area (Å²) in [6.45, 7) is 3.72. The van der Waals surface area contributed by atoms with Gasteiger partial charge in [0.25, 0.3) is 11.8 Å². The number of carbonyl (C=O) groups excluding carboxylic acids is 2. The monoisotopic (exact) mass is 731 g/mol. The second kappa shape index (κ2) is 14.4. The van der Waals surface area contributed by atoms with Gasteiger partial charge in [0.15, 0.2) is 11.7 Å². The molecule has 0 aliphatic rings. The van der Waals surface area contributed by atoms with Gasteiger partial charge in [-0.2, -0.15) is 5.10 Å². The first-order valence-corrected chi connectivity index (χ1v) is 15.9. The van der Waals surface area contributed by atoms with Gasteiger partial charge in [-0.05, 0) is 77.8 Å². The summed E-state index contributed by atoms with van der Waals surface area (Å²) in [5.74, 6) is -0.259. The van der Waals surface area contributed by atoms with Gasteiger partial charge in [0.05, 0.1) is 16.4 Å². The van der Waals surface area contributed by atoms with Crippen molar-refractivity contribution in [2.24, 2.45) is 5.10 Å². The molecule has 0 aliphatic heterocycles. The number of ether oxygens (including phenoxy) is 1. The van der Waals surface area contributed by atoms with Crippen molar-refractivity contribution in [1.82, 2.24) is 10.4 Å². The number of amides is 2. The third-order valence-corrected chi connectivity index (χ3v) is 8.19. The summed E-state index contributed by atoms with van der Waals surface area (Å²) in [6.07, 6.45) is 1.47. The highest BCUT2D eigenvalue weighted by molar-refractivity contribution is 9.11. The molecule has 0 saturated heterocycles. The van der Waals surface area contributed by atoms with Gasteiger partial charge in [0.1, 0.15) is 5.75 Å². The van der Waals surface area contributed by atoms with Crippen molar-refractivity contribution in [1.29, 1.82) is 0 Å². The second-order valence-corrected chi connectivity index (χ2v) is 12.4. The predicted molar refractivity (Wildman–Crippen MR) is 184 cm³/mol. The van der Waals surface area contributed by atoms with E-state index in [1.165, 1.54) is 17.6 Å². The van der Waals surface area contributed by atoms with Crippen molar-refractivity contribution < 1.29 is 14.3 Å². The van der Waals surface area contributed by atoms with E-state index in [1.807, 2.05) is 79.9 Å². The number of hydrogen-bond donors (Lipinski definition) is 3. The van der Waals surface area contributed by atoms with Crippen molar-refractivity contribution in [3.63, 3.8) is 0 Å². The van der Waals surface area contributed by atoms with Crippen molar-refractivity contribution >= 4 is 77.7 Å². The lowest BCUT2D eigenvalue weighted by Gasteiger charge is -2.13. The SMILES string of the molecule is Cc1ccc(NC(=O)COc2c(Br)cc(Br)cc2/C=N/NC(=O)c2ccc(-c3csc(Nc4ccccc4)n3)cc2)c(C)c1. The van der Waals surface area contributed by atoms with Gasteiger partial charge < -0.3 is 15.4 Å². The third kappa shape index (κ3) is 8.19. The van der Waals surface area contributed by atoms with Crippen LogP contribution >= 0.6 is 43.2 Å². The summed E-state index contributed by atoms with van der Waals surface area (Å²) in [5, 5.41) is 13.0. The highest BCUT2D eigenvalue weighted by atomic mass is 79.9. The number of carbonyl (C=O) groups is 2. The number of hydrazone groups is 1. The zero-order valence-electron chi connectivity index (χ0n) is 23.7. The smallest absolute Gasteiger partial charge is 0.271 e. The van der Waals surface area contributed by atoms with Crippen LogP contribution in [0.25, 0.3) is 11.3 Å². The molecule has 0 fully saturated rings. The van der Waals surface area contributed by atoms with Crippen LogP contribution in [0.15, 0.2) is 104 Å². The molecule has 1 aromatic heterocycles. The maximum Gasteiger partial charge on any atom is 0.271 e. The molecule has 3 N–H and O–H groups in total. The van der Waals surface area contributed by atoms with Crippen LogP contribution in [0.3, 0.4) is 0 Å². The molecule has 0 atom stereocenters. The van der Waals surface area contributed by atoms with E-state index in [2.05, 4.69) is 58.0 Å². The Labute approximate surface area is 275 Å². The summed E-state index contributed by atoms with van der Waals surface area (Å²) in [5.41, 5.74) is 9.04. The van der Waals surface area contributed by atoms with Crippen LogP contribution < -0.4 is 20.8 Å². The Bertz CT molecular complexity index is 1830. The standard InChI is InChI=1S/C33H27Br2N5O3S/c1-20-8-13-28(21(2)14-20)38-30(41)18-43-31-24(15-25(34)16-27(31)35)17-36-40-32(42)23-11-9-22(10-12-23)29-19-44-33(39-29)37-26-6-4-3-5-7-26/h3-17,19H,18H2,1-2H3,(H,37,39)(H,38,41)(H,40,42)/b36-17+. The molecule has 0 bridgehead atoms. The first kappa shape index (κ1) is 31.1. The largest absolute Gasteiger partial charge is 0.482 e. The lowest BCUT2D eigenvalue weighted by atomic mass is 10.1. The lowest BCUT2D eigenvalue weighted by Crippen LogP contribution is -2.21. The summed E-state index contributed by atoms with van der Waals surface area (Å²) < 4.78 is 7.25. The molecule has 0 saturated carbocycles. The molecule has 0 radical (unpaired) electrons. The number of halogens is 2. The van der Waals surface area contributed by atoms with E-state index in [0.717, 1.165) is 43.4 Å². The molecule has 222 valence electrons. The number of rotatable bonds is 10. The average Bonchev–Trinajstić information content (AvgIpc) is 3.47. The third-order valence-electron chi connectivity index (χ3n) is 6.38. The maximum atomic E-state index is 12.8. The minimum atomic E-state index is -0.373. The van der Waals surface area contributed by atoms with Crippen LogP contribution in [0.4, 0.5) is 16.5 Å². The van der Waals surface area contributed by atoms with Crippen molar-refractivity contribution in [3.05, 3.63) is 122 Å². The van der Waals surface area contributed by atoms with E-state index >= 15 is 0 Å². The Morgan fingerprint density at radius 1 is 0.977 bits per heavy atom. The molecule has 1 heterocycles. The van der Waals surface area contributed by atoms with Crippen LogP contribution in [-0.4, -0.2) is 29.6 Å². The molecule has 5 aromatic rings. The maximum absolute atomic E-state index is 12.8. The van der Waals surface area contributed by atoms with Gasteiger partial charge in [-0.25, -0.2) is 10.4 Å². The highest BCUT2D eigenvalue weighted by Crippen LogP contribution is 2.32. The van der Waals surface area contributed by atoms with Gasteiger partial charge in [-0.1, -0.05) is 64.0 Å². The molecular weight excluding hydrogens is 706 g/mol. The number of para-hydroxylation sites is 1. The first-order valence-electron chi connectivity index (χ1n) is 13.5. The van der Waals surface area contributed by atoms with Crippen LogP contribution in [0.1, 0.15) is 27.0 Å². The zero-order valence-corrected chi connectivity index (χ0v) is 27.7. The first-order chi connectivity index (χ1) is 21.2. The van der Waals surface area contributed by atoms with E-state index in [0.29, 0.717) is 21.3 Å². The average molecular weight is 733 g/mol. The second-order valence-electron chi connectivity index (χ2n) is 9.77. The van der Waals surface area contributed by atoms with E-state index in [1.54, 1.807) is 24.3 Å². The molecule has 5 rings (SSSR count).